The van der Waals surface area contributed by atoms with Gasteiger partial charge in [0.25, 0.3) is 0 Å². The standard InChI is InChI=1S/C26H56P.ClH/c1-5-9-13-17-18-22-26-27(23-19-14-10-6-2,24-20-15-11-7-3)25-21-16-12-8-4;/h5-26H2,1-4H3;1H/q+1;/p-1. The molecule has 0 saturated heterocycles. The van der Waals surface area contributed by atoms with E-state index in [1.54, 1.807) is 50.3 Å². The molecule has 0 aliphatic rings. The molecule has 0 amide bonds. The smallest absolute Gasteiger partial charge is 0.0594 e. The minimum Gasteiger partial charge on any atom is -1.00 e. The van der Waals surface area contributed by atoms with Gasteiger partial charge in [0.1, 0.15) is 0 Å². The van der Waals surface area contributed by atoms with Gasteiger partial charge in [0.05, 0.1) is 24.6 Å². The molecule has 0 saturated carbocycles. The van der Waals surface area contributed by atoms with Crippen molar-refractivity contribution >= 4 is 7.26 Å². The van der Waals surface area contributed by atoms with E-state index in [0.29, 0.717) is 0 Å². The summed E-state index contributed by atoms with van der Waals surface area (Å²) in [5.74, 6) is 0. The van der Waals surface area contributed by atoms with Crippen LogP contribution in [0, 0.1) is 0 Å². The van der Waals surface area contributed by atoms with E-state index >= 15 is 0 Å². The Morgan fingerprint density at radius 2 is 0.536 bits per heavy atom. The first-order chi connectivity index (χ1) is 13.2. The number of unbranched alkanes of at least 4 members (excludes halogenated alkanes) is 14. The molecule has 0 aromatic carbocycles. The molecule has 0 aromatic rings. The zero-order chi connectivity index (χ0) is 20.1. The number of rotatable bonds is 22. The second kappa shape index (κ2) is 24.0. The van der Waals surface area contributed by atoms with Gasteiger partial charge in [-0.15, -0.1) is 0 Å². The van der Waals surface area contributed by atoms with Gasteiger partial charge in [0, 0.05) is 7.26 Å². The molecule has 0 bridgehead atoms. The minimum absolute atomic E-state index is 0. The molecule has 0 spiro atoms. The van der Waals surface area contributed by atoms with Crippen molar-refractivity contribution in [2.24, 2.45) is 0 Å². The van der Waals surface area contributed by atoms with Gasteiger partial charge >= 0.3 is 0 Å². The van der Waals surface area contributed by atoms with Crippen LogP contribution in [-0.2, 0) is 0 Å². The third-order valence-electron chi connectivity index (χ3n) is 6.44. The Morgan fingerprint density at radius 3 is 0.821 bits per heavy atom. The summed E-state index contributed by atoms with van der Waals surface area (Å²) in [6.45, 7) is 9.40. The predicted octanol–water partition coefficient (Wildman–Crippen LogP) is 7.11. The largest absolute Gasteiger partial charge is 1.00 e. The van der Waals surface area contributed by atoms with Crippen LogP contribution >= 0.6 is 7.26 Å². The summed E-state index contributed by atoms with van der Waals surface area (Å²) in [4.78, 5) is 0. The summed E-state index contributed by atoms with van der Waals surface area (Å²) in [6.07, 6.45) is 33.1. The molecule has 0 N–H and O–H groups in total. The van der Waals surface area contributed by atoms with Gasteiger partial charge < -0.3 is 12.4 Å². The number of hydrogen-bond donors (Lipinski definition) is 0. The fourth-order valence-electron chi connectivity index (χ4n) is 4.52. The van der Waals surface area contributed by atoms with Crippen molar-refractivity contribution in [3.05, 3.63) is 0 Å². The lowest BCUT2D eigenvalue weighted by Crippen LogP contribution is -3.00. The summed E-state index contributed by atoms with van der Waals surface area (Å²) in [5, 5.41) is 0. The van der Waals surface area contributed by atoms with Crippen LogP contribution in [0.3, 0.4) is 0 Å². The number of hydrogen-bond acceptors (Lipinski definition) is 0. The topological polar surface area (TPSA) is 0 Å². The summed E-state index contributed by atoms with van der Waals surface area (Å²) in [6, 6.07) is 0. The van der Waals surface area contributed by atoms with E-state index in [2.05, 4.69) is 27.7 Å². The Labute approximate surface area is 187 Å². The van der Waals surface area contributed by atoms with Crippen LogP contribution in [0.1, 0.15) is 143 Å². The van der Waals surface area contributed by atoms with Gasteiger partial charge in [0.2, 0.25) is 0 Å². The van der Waals surface area contributed by atoms with E-state index in [1.165, 1.54) is 89.9 Å². The van der Waals surface area contributed by atoms with Gasteiger partial charge in [0.15, 0.2) is 0 Å². The first-order valence-corrected chi connectivity index (χ1v) is 15.6. The Hall–Kier alpha value is 0.720. The molecule has 0 atom stereocenters. The first kappa shape index (κ1) is 30.9. The van der Waals surface area contributed by atoms with Crippen molar-refractivity contribution in [2.45, 2.75) is 143 Å². The molecule has 172 valence electrons. The maximum atomic E-state index is 2.36. The molecule has 28 heavy (non-hydrogen) atoms. The average molecular weight is 435 g/mol. The van der Waals surface area contributed by atoms with Gasteiger partial charge in [-0.2, -0.15) is 0 Å². The fraction of sp³-hybridized carbons (Fsp3) is 1.00. The van der Waals surface area contributed by atoms with E-state index in [1.807, 2.05) is 0 Å². The van der Waals surface area contributed by atoms with Crippen molar-refractivity contribution in [3.63, 3.8) is 0 Å². The Balaban J connectivity index is 0. The lowest BCUT2D eigenvalue weighted by molar-refractivity contribution is -0.00000623. The highest BCUT2D eigenvalue weighted by Gasteiger charge is 2.34. The van der Waals surface area contributed by atoms with Crippen LogP contribution in [0.25, 0.3) is 0 Å². The van der Waals surface area contributed by atoms with Crippen LogP contribution in [-0.4, -0.2) is 24.6 Å². The zero-order valence-electron chi connectivity index (χ0n) is 20.4. The highest BCUT2D eigenvalue weighted by Crippen LogP contribution is 2.61. The quantitative estimate of drug-likeness (QED) is 0.126. The van der Waals surface area contributed by atoms with Crippen molar-refractivity contribution in [1.29, 1.82) is 0 Å². The summed E-state index contributed by atoms with van der Waals surface area (Å²) < 4.78 is 0. The Morgan fingerprint density at radius 1 is 0.321 bits per heavy atom. The molecule has 0 radical (unpaired) electrons. The monoisotopic (exact) mass is 434 g/mol. The minimum atomic E-state index is -0.672. The van der Waals surface area contributed by atoms with Gasteiger partial charge in [-0.1, -0.05) is 91.9 Å². The fourth-order valence-corrected chi connectivity index (χ4v) is 9.44. The zero-order valence-corrected chi connectivity index (χ0v) is 22.0. The summed E-state index contributed by atoms with van der Waals surface area (Å²) in [5.41, 5.74) is 0. The highest BCUT2D eigenvalue weighted by atomic mass is 35.5. The van der Waals surface area contributed by atoms with Crippen LogP contribution in [0.4, 0.5) is 0 Å². The molecule has 0 aromatic heterocycles. The third kappa shape index (κ3) is 18.7. The van der Waals surface area contributed by atoms with E-state index < -0.39 is 7.26 Å². The molecule has 0 fully saturated rings. The normalized spacial score (nSPS) is 11.6. The third-order valence-corrected chi connectivity index (χ3v) is 11.5. The van der Waals surface area contributed by atoms with Crippen LogP contribution in [0.15, 0.2) is 0 Å². The maximum Gasteiger partial charge on any atom is 0.0594 e. The van der Waals surface area contributed by atoms with Gasteiger partial charge in [-0.05, 0) is 51.4 Å². The Bertz CT molecular complexity index is 248. The van der Waals surface area contributed by atoms with Crippen LogP contribution in [0.2, 0.25) is 0 Å². The van der Waals surface area contributed by atoms with Crippen molar-refractivity contribution in [2.75, 3.05) is 24.6 Å². The first-order valence-electron chi connectivity index (χ1n) is 13.1. The molecule has 0 unspecified atom stereocenters. The predicted molar refractivity (Wildman–Crippen MR) is 132 cm³/mol. The van der Waals surface area contributed by atoms with E-state index in [4.69, 9.17) is 0 Å². The molecule has 0 nitrogen and oxygen atoms in total. The summed E-state index contributed by atoms with van der Waals surface area (Å²) in [7, 11) is -0.672. The van der Waals surface area contributed by atoms with Crippen molar-refractivity contribution in [1.82, 2.24) is 0 Å². The molecule has 0 rings (SSSR count). The number of halogens is 1. The molecule has 0 aliphatic heterocycles. The second-order valence-corrected chi connectivity index (χ2v) is 13.7. The highest BCUT2D eigenvalue weighted by molar-refractivity contribution is 7.75. The van der Waals surface area contributed by atoms with Crippen LogP contribution < -0.4 is 12.4 Å². The van der Waals surface area contributed by atoms with Crippen molar-refractivity contribution in [3.8, 4) is 0 Å². The molecule has 0 heterocycles. The van der Waals surface area contributed by atoms with E-state index in [0.717, 1.165) is 0 Å². The molecular formula is C26H56ClP. The van der Waals surface area contributed by atoms with Gasteiger partial charge in [-0.3, -0.25) is 0 Å². The summed E-state index contributed by atoms with van der Waals surface area (Å²) >= 11 is 0. The maximum absolute atomic E-state index is 2.36. The Kier molecular flexibility index (Phi) is 26.5. The molecule has 0 aliphatic carbocycles. The van der Waals surface area contributed by atoms with Crippen LogP contribution in [0.5, 0.6) is 0 Å². The van der Waals surface area contributed by atoms with Gasteiger partial charge in [-0.25, -0.2) is 0 Å². The van der Waals surface area contributed by atoms with E-state index in [9.17, 15) is 0 Å². The average Bonchev–Trinajstić information content (AvgIpc) is 2.68. The van der Waals surface area contributed by atoms with Crippen molar-refractivity contribution < 1.29 is 12.4 Å². The molecule has 2 heteroatoms. The lowest BCUT2D eigenvalue weighted by Gasteiger charge is -2.28. The molecular weight excluding hydrogens is 379 g/mol. The second-order valence-electron chi connectivity index (χ2n) is 9.19. The van der Waals surface area contributed by atoms with E-state index in [-0.39, 0.29) is 12.4 Å². The lowest BCUT2D eigenvalue weighted by atomic mass is 10.1. The SMILES string of the molecule is CCCCCCCC[P+](CCCCCC)(CCCCCC)CCCCCC.[Cl-].